The molecule has 0 bridgehead atoms. The first-order valence-electron chi connectivity index (χ1n) is 6.35. The summed E-state index contributed by atoms with van der Waals surface area (Å²) in [5.41, 5.74) is 0.869. The molecular formula is C15H15NO5S. The number of carbonyl (C=O) groups is 2. The van der Waals surface area contributed by atoms with Crippen LogP contribution in [0.1, 0.15) is 5.56 Å². The summed E-state index contributed by atoms with van der Waals surface area (Å²) < 4.78 is 15.5. The van der Waals surface area contributed by atoms with Gasteiger partial charge in [-0.2, -0.15) is 0 Å². The number of carbonyl (C=O) groups excluding carboxylic acids is 2. The zero-order valence-corrected chi connectivity index (χ0v) is 12.9. The zero-order chi connectivity index (χ0) is 15.9. The van der Waals surface area contributed by atoms with E-state index in [0.717, 1.165) is 17.3 Å². The van der Waals surface area contributed by atoms with Crippen molar-refractivity contribution in [2.45, 2.75) is 0 Å². The van der Waals surface area contributed by atoms with Gasteiger partial charge in [0.05, 0.1) is 12.0 Å². The Balaban J connectivity index is 2.09. The minimum Gasteiger partial charge on any atom is -0.493 e. The number of amides is 2. The highest BCUT2D eigenvalue weighted by atomic mass is 32.2. The molecule has 0 unspecified atom stereocenters. The molecule has 2 rings (SSSR count). The summed E-state index contributed by atoms with van der Waals surface area (Å²) in [6.45, 7) is 0.137. The molecule has 1 fully saturated rings. The number of methoxy groups -OCH3 is 2. The molecule has 1 saturated heterocycles. The van der Waals surface area contributed by atoms with E-state index in [1.165, 1.54) is 0 Å². The van der Waals surface area contributed by atoms with Gasteiger partial charge < -0.3 is 14.2 Å². The summed E-state index contributed by atoms with van der Waals surface area (Å²) in [5, 5.41) is 1.84. The van der Waals surface area contributed by atoms with Gasteiger partial charge in [-0.25, -0.2) is 0 Å². The van der Waals surface area contributed by atoms with Crippen molar-refractivity contribution in [2.24, 2.45) is 0 Å². The number of nitrogens with one attached hydrogen (secondary N) is 1. The van der Waals surface area contributed by atoms with Crippen molar-refractivity contribution >= 4 is 29.0 Å². The monoisotopic (exact) mass is 321 g/mol. The Kier molecular flexibility index (Phi) is 5.62. The molecule has 1 aromatic rings. The Labute approximate surface area is 132 Å². The number of ether oxygens (including phenoxy) is 3. The van der Waals surface area contributed by atoms with Crippen LogP contribution in [-0.2, 0) is 9.53 Å². The lowest BCUT2D eigenvalue weighted by Gasteiger charge is -2.10. The van der Waals surface area contributed by atoms with Gasteiger partial charge in [0.1, 0.15) is 0 Å². The smallest absolute Gasteiger partial charge is 0.290 e. The molecule has 1 aromatic carbocycles. The van der Waals surface area contributed by atoms with E-state index >= 15 is 0 Å². The fourth-order valence-electron chi connectivity index (χ4n) is 1.71. The van der Waals surface area contributed by atoms with E-state index in [9.17, 15) is 9.59 Å². The summed E-state index contributed by atoms with van der Waals surface area (Å²) >= 11 is 0.880. The first-order valence-corrected chi connectivity index (χ1v) is 7.17. The molecular weight excluding hydrogens is 306 g/mol. The van der Waals surface area contributed by atoms with Crippen molar-refractivity contribution in [1.82, 2.24) is 5.32 Å². The summed E-state index contributed by atoms with van der Waals surface area (Å²) in [6, 6.07) is 5.41. The SMILES string of the molecule is COCOc1ccc(C=CC=C2SC(=O)NC2=O)cc1OC. The van der Waals surface area contributed by atoms with Crippen LogP contribution < -0.4 is 14.8 Å². The number of thioether (sulfide) groups is 1. The molecule has 0 radical (unpaired) electrons. The number of hydrogen-bond acceptors (Lipinski definition) is 6. The summed E-state index contributed by atoms with van der Waals surface area (Å²) in [6.07, 6.45) is 5.09. The molecule has 6 nitrogen and oxygen atoms in total. The van der Waals surface area contributed by atoms with Gasteiger partial charge in [0.15, 0.2) is 18.3 Å². The minimum absolute atomic E-state index is 0.137. The Morgan fingerprint density at radius 1 is 1.23 bits per heavy atom. The standard InChI is InChI=1S/C15H15NO5S/c1-19-9-21-11-7-6-10(8-12(11)20-2)4-3-5-13-14(17)16-15(18)22-13/h3-8H,9H2,1-2H3,(H,16,17,18). The van der Waals surface area contributed by atoms with Gasteiger partial charge >= 0.3 is 0 Å². The van der Waals surface area contributed by atoms with Crippen molar-refractivity contribution in [2.75, 3.05) is 21.0 Å². The third-order valence-corrected chi connectivity index (χ3v) is 3.53. The minimum atomic E-state index is -0.374. The molecule has 1 N–H and O–H groups in total. The third-order valence-electron chi connectivity index (χ3n) is 2.70. The van der Waals surface area contributed by atoms with Crippen LogP contribution in [0.15, 0.2) is 35.3 Å². The lowest BCUT2D eigenvalue weighted by atomic mass is 10.2. The van der Waals surface area contributed by atoms with E-state index in [-0.39, 0.29) is 17.9 Å². The van der Waals surface area contributed by atoms with Gasteiger partial charge in [-0.05, 0) is 35.5 Å². The molecule has 0 spiro atoms. The molecule has 1 aliphatic heterocycles. The van der Waals surface area contributed by atoms with Crippen LogP contribution in [-0.4, -0.2) is 32.2 Å². The van der Waals surface area contributed by atoms with Crippen LogP contribution in [0, 0.1) is 0 Å². The second-order valence-corrected chi connectivity index (χ2v) is 5.21. The van der Waals surface area contributed by atoms with E-state index < -0.39 is 0 Å². The molecule has 2 amide bonds. The average Bonchev–Trinajstić information content (AvgIpc) is 2.83. The van der Waals surface area contributed by atoms with Crippen LogP contribution in [0.4, 0.5) is 4.79 Å². The molecule has 0 atom stereocenters. The van der Waals surface area contributed by atoms with Crippen LogP contribution in [0.2, 0.25) is 0 Å². The van der Waals surface area contributed by atoms with Crippen molar-refractivity contribution in [3.63, 3.8) is 0 Å². The maximum absolute atomic E-state index is 11.4. The van der Waals surface area contributed by atoms with Gasteiger partial charge in [0, 0.05) is 7.11 Å². The highest BCUT2D eigenvalue weighted by Gasteiger charge is 2.24. The van der Waals surface area contributed by atoms with Crippen molar-refractivity contribution in [1.29, 1.82) is 0 Å². The van der Waals surface area contributed by atoms with Crippen molar-refractivity contribution in [3.05, 3.63) is 40.8 Å². The van der Waals surface area contributed by atoms with E-state index in [4.69, 9.17) is 14.2 Å². The number of benzene rings is 1. The fourth-order valence-corrected chi connectivity index (χ4v) is 2.35. The normalized spacial score (nSPS) is 16.4. The molecule has 116 valence electrons. The second-order valence-electron chi connectivity index (χ2n) is 4.19. The molecule has 0 aliphatic carbocycles. The average molecular weight is 321 g/mol. The maximum Gasteiger partial charge on any atom is 0.290 e. The fraction of sp³-hybridized carbons (Fsp3) is 0.200. The number of hydrogen-bond donors (Lipinski definition) is 1. The topological polar surface area (TPSA) is 73.9 Å². The summed E-state index contributed by atoms with van der Waals surface area (Å²) in [5.74, 6) is 0.784. The predicted octanol–water partition coefficient (Wildman–Crippen LogP) is 2.56. The van der Waals surface area contributed by atoms with Crippen LogP contribution in [0.25, 0.3) is 6.08 Å². The molecule has 0 aromatic heterocycles. The van der Waals surface area contributed by atoms with Gasteiger partial charge in [0.2, 0.25) is 0 Å². The molecule has 1 heterocycles. The van der Waals surface area contributed by atoms with E-state index in [1.54, 1.807) is 44.6 Å². The number of allylic oxidation sites excluding steroid dienone is 2. The second kappa shape index (κ2) is 7.67. The van der Waals surface area contributed by atoms with Crippen molar-refractivity contribution < 1.29 is 23.8 Å². The third kappa shape index (κ3) is 4.12. The van der Waals surface area contributed by atoms with Gasteiger partial charge in [-0.3, -0.25) is 14.9 Å². The highest BCUT2D eigenvalue weighted by molar-refractivity contribution is 8.18. The van der Waals surface area contributed by atoms with E-state index in [0.29, 0.717) is 16.4 Å². The van der Waals surface area contributed by atoms with Crippen LogP contribution in [0.3, 0.4) is 0 Å². The first kappa shape index (κ1) is 16.1. The van der Waals surface area contributed by atoms with Crippen molar-refractivity contribution in [3.8, 4) is 11.5 Å². The van der Waals surface area contributed by atoms with Gasteiger partial charge in [-0.15, -0.1) is 0 Å². The molecule has 7 heteroatoms. The number of imide groups is 1. The maximum atomic E-state index is 11.4. The Hall–Kier alpha value is -2.25. The lowest BCUT2D eigenvalue weighted by Crippen LogP contribution is -2.17. The summed E-state index contributed by atoms with van der Waals surface area (Å²) in [4.78, 5) is 22.8. The Morgan fingerprint density at radius 3 is 2.68 bits per heavy atom. The van der Waals surface area contributed by atoms with Gasteiger partial charge in [-0.1, -0.05) is 18.2 Å². The number of rotatable bonds is 6. The Bertz CT molecular complexity index is 639. The predicted molar refractivity (Wildman–Crippen MR) is 83.7 cm³/mol. The van der Waals surface area contributed by atoms with E-state index in [2.05, 4.69) is 5.32 Å². The quantitative estimate of drug-likeness (QED) is 0.641. The van der Waals surface area contributed by atoms with Crippen LogP contribution >= 0.6 is 11.8 Å². The molecule has 0 saturated carbocycles. The highest BCUT2D eigenvalue weighted by Crippen LogP contribution is 2.29. The summed E-state index contributed by atoms with van der Waals surface area (Å²) in [7, 11) is 3.09. The first-order chi connectivity index (χ1) is 10.6. The largest absolute Gasteiger partial charge is 0.493 e. The molecule has 1 aliphatic rings. The Morgan fingerprint density at radius 2 is 2.05 bits per heavy atom. The van der Waals surface area contributed by atoms with Gasteiger partial charge in [0.25, 0.3) is 11.1 Å². The zero-order valence-electron chi connectivity index (χ0n) is 12.1. The molecule has 22 heavy (non-hydrogen) atoms. The van der Waals surface area contributed by atoms with E-state index in [1.807, 2.05) is 6.07 Å². The lowest BCUT2D eigenvalue weighted by molar-refractivity contribution is -0.115. The van der Waals surface area contributed by atoms with Crippen LogP contribution in [0.5, 0.6) is 11.5 Å².